The molecule has 0 fully saturated rings. The van der Waals surface area contributed by atoms with Crippen molar-refractivity contribution in [2.45, 2.75) is 9.79 Å². The van der Waals surface area contributed by atoms with Crippen molar-refractivity contribution in [3.05, 3.63) is 29.3 Å². The Labute approximate surface area is 134 Å². The van der Waals surface area contributed by atoms with Gasteiger partial charge in [-0.2, -0.15) is 16.8 Å². The lowest BCUT2D eigenvalue weighted by Crippen LogP contribution is -2.20. The van der Waals surface area contributed by atoms with Crippen molar-refractivity contribution >= 4 is 48.6 Å². The van der Waals surface area contributed by atoms with Crippen LogP contribution in [-0.2, 0) is 23.9 Å². The van der Waals surface area contributed by atoms with E-state index in [9.17, 15) is 36.6 Å². The summed E-state index contributed by atoms with van der Waals surface area (Å²) in [6, 6.07) is 2.06. The predicted molar refractivity (Wildman–Crippen MR) is 77.7 cm³/mol. The van der Waals surface area contributed by atoms with Crippen LogP contribution in [0.25, 0.3) is 10.8 Å². The van der Waals surface area contributed by atoms with Crippen LogP contribution in [0.4, 0.5) is 5.69 Å². The minimum absolute atomic E-state index is 0.324. The molecule has 0 radical (unpaired) electrons. The van der Waals surface area contributed by atoms with Crippen LogP contribution in [0.5, 0.6) is 0 Å². The van der Waals surface area contributed by atoms with Gasteiger partial charge in [0.25, 0.3) is 0 Å². The van der Waals surface area contributed by atoms with Gasteiger partial charge in [0.1, 0.15) is 4.90 Å². The molecule has 1 aliphatic rings. The second-order valence-electron chi connectivity index (χ2n) is 4.82. The van der Waals surface area contributed by atoms with E-state index in [0.29, 0.717) is 12.1 Å². The molecule has 3 bridgehead atoms. The highest BCUT2D eigenvalue weighted by Gasteiger charge is 2.35. The highest BCUT2D eigenvalue weighted by Crippen LogP contribution is 2.39. The second-order valence-corrected chi connectivity index (χ2v) is 8.09. The molecule has 0 aromatic heterocycles. The van der Waals surface area contributed by atoms with Crippen molar-refractivity contribution < 1.29 is 40.3 Å². The molecule has 0 unspecified atom stereocenters. The molecule has 0 atom stereocenters. The van der Waals surface area contributed by atoms with E-state index in [2.05, 4.69) is 3.63 Å². The van der Waals surface area contributed by atoms with Crippen molar-refractivity contribution in [1.29, 1.82) is 0 Å². The van der Waals surface area contributed by atoms with E-state index in [4.69, 9.17) is 5.73 Å². The average Bonchev–Trinajstić information content (AvgIpc) is 2.44. The number of aromatic carboxylic acids is 2. The zero-order chi connectivity index (χ0) is 18.0. The van der Waals surface area contributed by atoms with Crippen molar-refractivity contribution in [3.63, 3.8) is 0 Å². The van der Waals surface area contributed by atoms with Gasteiger partial charge in [-0.3, -0.25) is 0 Å². The lowest BCUT2D eigenvalue weighted by Gasteiger charge is -2.18. The number of benzene rings is 2. The van der Waals surface area contributed by atoms with Gasteiger partial charge < -0.3 is 15.9 Å². The summed E-state index contributed by atoms with van der Waals surface area (Å²) in [4.78, 5) is 21.2. The fraction of sp³-hybridized carbons (Fsp3) is 0. The lowest BCUT2D eigenvalue weighted by molar-refractivity contribution is 0.0695. The van der Waals surface area contributed by atoms with Crippen molar-refractivity contribution in [1.82, 2.24) is 0 Å². The molecule has 0 saturated heterocycles. The maximum Gasteiger partial charge on any atom is 0.336 e. The SMILES string of the molecule is Nc1c2cc(C(=O)O)c3c(C(=O)O)cc(cc13)S(=O)(=O)OS2(=O)=O. The molecule has 1 aliphatic heterocycles. The first-order valence-electron chi connectivity index (χ1n) is 6.03. The number of nitrogens with two attached hydrogens (primary N) is 1. The third-order valence-electron chi connectivity index (χ3n) is 3.41. The monoisotopic (exact) mass is 373 g/mol. The van der Waals surface area contributed by atoms with Gasteiger partial charge in [-0.15, -0.1) is 3.63 Å². The molecule has 0 aliphatic carbocycles. The minimum atomic E-state index is -4.92. The van der Waals surface area contributed by atoms with Crippen LogP contribution in [0.15, 0.2) is 28.0 Å². The molecule has 12 heteroatoms. The van der Waals surface area contributed by atoms with Crippen LogP contribution in [0, 0.1) is 0 Å². The normalized spacial score (nSPS) is 17.5. The summed E-state index contributed by atoms with van der Waals surface area (Å²) < 4.78 is 52.4. The van der Waals surface area contributed by atoms with E-state index < -0.39 is 58.8 Å². The van der Waals surface area contributed by atoms with Crippen LogP contribution in [0.1, 0.15) is 20.7 Å². The van der Waals surface area contributed by atoms with Crippen LogP contribution in [-0.4, -0.2) is 39.0 Å². The van der Waals surface area contributed by atoms with Crippen LogP contribution >= 0.6 is 0 Å². The zero-order valence-electron chi connectivity index (χ0n) is 11.4. The number of hydrogen-bond acceptors (Lipinski definition) is 8. The van der Waals surface area contributed by atoms with Crippen molar-refractivity contribution in [3.8, 4) is 0 Å². The third kappa shape index (κ3) is 2.11. The average molecular weight is 373 g/mol. The molecular formula is C12H7NO9S2. The molecule has 4 N–H and O–H groups in total. The quantitative estimate of drug-likeness (QED) is 0.617. The number of carbonyl (C=O) groups is 2. The predicted octanol–water partition coefficient (Wildman–Crippen LogP) is 0.226. The zero-order valence-corrected chi connectivity index (χ0v) is 13.0. The van der Waals surface area contributed by atoms with Crippen LogP contribution in [0.3, 0.4) is 0 Å². The first kappa shape index (κ1) is 16.2. The highest BCUT2D eigenvalue weighted by molar-refractivity contribution is 8.00. The maximum atomic E-state index is 12.1. The fourth-order valence-corrected chi connectivity index (χ4v) is 5.13. The van der Waals surface area contributed by atoms with Gasteiger partial charge in [-0.1, -0.05) is 0 Å². The fourth-order valence-electron chi connectivity index (χ4n) is 2.41. The number of nitrogen functional groups attached to an aromatic ring is 1. The van der Waals surface area contributed by atoms with Gasteiger partial charge in [-0.05, 0) is 18.2 Å². The van der Waals surface area contributed by atoms with E-state index in [1.54, 1.807) is 0 Å². The first-order valence-corrected chi connectivity index (χ1v) is 8.85. The number of carboxylic acids is 2. The summed E-state index contributed by atoms with van der Waals surface area (Å²) in [7, 11) is -9.76. The molecule has 0 spiro atoms. The Morgan fingerprint density at radius 3 is 2.00 bits per heavy atom. The summed E-state index contributed by atoms with van der Waals surface area (Å²) in [6.07, 6.45) is 0. The van der Waals surface area contributed by atoms with E-state index in [1.165, 1.54) is 0 Å². The number of rotatable bonds is 2. The maximum absolute atomic E-state index is 12.1. The van der Waals surface area contributed by atoms with Gasteiger partial charge in [0, 0.05) is 10.8 Å². The number of fused-ring (bicyclic) bond motifs is 2. The van der Waals surface area contributed by atoms with Gasteiger partial charge in [0.2, 0.25) is 0 Å². The molecule has 0 saturated carbocycles. The van der Waals surface area contributed by atoms with E-state index >= 15 is 0 Å². The number of hydrogen-bond donors (Lipinski definition) is 3. The van der Waals surface area contributed by atoms with Crippen LogP contribution in [0.2, 0.25) is 0 Å². The van der Waals surface area contributed by atoms with Gasteiger partial charge in [0.15, 0.2) is 0 Å². The number of anilines is 1. The lowest BCUT2D eigenvalue weighted by atomic mass is 9.97. The van der Waals surface area contributed by atoms with Crippen molar-refractivity contribution in [2.24, 2.45) is 0 Å². The second kappa shape index (κ2) is 4.66. The Morgan fingerprint density at radius 1 is 0.917 bits per heavy atom. The van der Waals surface area contributed by atoms with Gasteiger partial charge in [-0.25, -0.2) is 9.59 Å². The largest absolute Gasteiger partial charge is 0.478 e. The Morgan fingerprint density at radius 2 is 1.46 bits per heavy atom. The molecule has 24 heavy (non-hydrogen) atoms. The molecule has 10 nitrogen and oxygen atoms in total. The molecular weight excluding hydrogens is 366 g/mol. The van der Waals surface area contributed by atoms with Gasteiger partial charge in [0.05, 0.1) is 21.7 Å². The van der Waals surface area contributed by atoms with Crippen LogP contribution < -0.4 is 5.73 Å². The molecule has 126 valence electrons. The van der Waals surface area contributed by atoms with E-state index in [0.717, 1.165) is 6.07 Å². The Balaban J connectivity index is 2.75. The summed E-state index contributed by atoms with van der Waals surface area (Å²) in [5.74, 6) is -3.23. The summed E-state index contributed by atoms with van der Waals surface area (Å²) in [6.45, 7) is 0. The summed E-state index contributed by atoms with van der Waals surface area (Å²) in [5, 5.41) is 17.8. The minimum Gasteiger partial charge on any atom is -0.478 e. The first-order chi connectivity index (χ1) is 11.0. The highest BCUT2D eigenvalue weighted by atomic mass is 32.3. The molecule has 3 rings (SSSR count). The van der Waals surface area contributed by atoms with E-state index in [-0.39, 0.29) is 10.8 Å². The smallest absolute Gasteiger partial charge is 0.336 e. The van der Waals surface area contributed by atoms with E-state index in [1.807, 2.05) is 0 Å². The van der Waals surface area contributed by atoms with Crippen molar-refractivity contribution in [2.75, 3.05) is 5.73 Å². The Kier molecular flexibility index (Phi) is 3.14. The molecule has 1 heterocycles. The Hall–Kier alpha value is -2.70. The Bertz CT molecular complexity index is 1140. The van der Waals surface area contributed by atoms with Gasteiger partial charge >= 0.3 is 32.2 Å². The third-order valence-corrected chi connectivity index (χ3v) is 6.53. The molecule has 2 aromatic rings. The standard InChI is InChI=1S/C12H7NO9S2/c13-10-5-1-4-2-6(11(14)15)9(5)7(12(16)17)3-8(10)24(20,21)22-23(4,18)19/h1-3H,13H2,(H,14,15)(H,16,17). The summed E-state index contributed by atoms with van der Waals surface area (Å²) >= 11 is 0. The number of carboxylic acid groups (broad SMARTS) is 2. The summed E-state index contributed by atoms with van der Waals surface area (Å²) in [5.41, 5.74) is 3.86. The molecule has 2 aromatic carbocycles. The molecule has 0 amide bonds. The topological polar surface area (TPSA) is 178 Å².